The number of nitrogens with zero attached hydrogens (tertiary/aromatic N) is 4. The van der Waals surface area contributed by atoms with Gasteiger partial charge in [0.25, 0.3) is 5.91 Å². The average molecular weight is 450 g/mol. The number of benzene rings is 1. The summed E-state index contributed by atoms with van der Waals surface area (Å²) in [6.07, 6.45) is 6.59. The number of aryl methyl sites for hydroxylation is 1. The maximum absolute atomic E-state index is 13.0. The summed E-state index contributed by atoms with van der Waals surface area (Å²) in [6.45, 7) is 3.62. The molecule has 174 valence electrons. The van der Waals surface area contributed by atoms with Crippen molar-refractivity contribution in [1.82, 2.24) is 25.1 Å². The molecule has 0 bridgehead atoms. The molecule has 8 nitrogen and oxygen atoms in total. The lowest BCUT2D eigenvalue weighted by molar-refractivity contribution is -0.140. The molecule has 0 saturated carbocycles. The first-order valence-electron chi connectivity index (χ1n) is 11.8. The Kier molecular flexibility index (Phi) is 7.32. The summed E-state index contributed by atoms with van der Waals surface area (Å²) >= 11 is 0. The SMILES string of the molecule is Cc1nc([C@H]2CCCN2C(=O)CN2CCCCCC2=O)ncc1C(=O)NCc1ccccc1. The number of hydrogen-bond donors (Lipinski definition) is 1. The quantitative estimate of drug-likeness (QED) is 0.732. The molecule has 2 saturated heterocycles. The maximum Gasteiger partial charge on any atom is 0.254 e. The van der Waals surface area contributed by atoms with E-state index < -0.39 is 0 Å². The van der Waals surface area contributed by atoms with Crippen LogP contribution in [-0.2, 0) is 16.1 Å². The highest BCUT2D eigenvalue weighted by Gasteiger charge is 2.33. The Morgan fingerprint density at radius 3 is 2.70 bits per heavy atom. The molecule has 8 heteroatoms. The molecule has 1 aromatic heterocycles. The number of hydrogen-bond acceptors (Lipinski definition) is 5. The Hall–Kier alpha value is -3.29. The molecule has 1 N–H and O–H groups in total. The topological polar surface area (TPSA) is 95.5 Å². The van der Waals surface area contributed by atoms with E-state index in [0.717, 1.165) is 37.7 Å². The van der Waals surface area contributed by atoms with E-state index in [4.69, 9.17) is 0 Å². The predicted molar refractivity (Wildman–Crippen MR) is 123 cm³/mol. The highest BCUT2D eigenvalue weighted by Crippen LogP contribution is 2.30. The molecular formula is C25H31N5O3. The van der Waals surface area contributed by atoms with E-state index in [0.29, 0.717) is 43.1 Å². The number of carbonyl (C=O) groups is 3. The van der Waals surface area contributed by atoms with Crippen molar-refractivity contribution in [2.24, 2.45) is 0 Å². The summed E-state index contributed by atoms with van der Waals surface area (Å²) in [6, 6.07) is 9.49. The fourth-order valence-electron chi connectivity index (χ4n) is 4.54. The van der Waals surface area contributed by atoms with Crippen LogP contribution in [0.25, 0.3) is 0 Å². The predicted octanol–water partition coefficient (Wildman–Crippen LogP) is 2.78. The first-order chi connectivity index (χ1) is 16.0. The minimum absolute atomic E-state index is 0.0568. The Balaban J connectivity index is 1.41. The van der Waals surface area contributed by atoms with E-state index >= 15 is 0 Å². The second-order valence-corrected chi connectivity index (χ2v) is 8.77. The number of rotatable bonds is 6. The Morgan fingerprint density at radius 1 is 1.09 bits per heavy atom. The first-order valence-corrected chi connectivity index (χ1v) is 11.8. The smallest absolute Gasteiger partial charge is 0.254 e. The van der Waals surface area contributed by atoms with Crippen molar-refractivity contribution in [3.8, 4) is 0 Å². The van der Waals surface area contributed by atoms with Crippen LogP contribution in [0.3, 0.4) is 0 Å². The van der Waals surface area contributed by atoms with Gasteiger partial charge in [-0.25, -0.2) is 9.97 Å². The number of aromatic nitrogens is 2. The molecule has 0 radical (unpaired) electrons. The number of likely N-dealkylation sites (tertiary alicyclic amines) is 2. The third-order valence-electron chi connectivity index (χ3n) is 6.41. The molecule has 0 aliphatic carbocycles. The normalized spacial score (nSPS) is 18.8. The number of amides is 3. The summed E-state index contributed by atoms with van der Waals surface area (Å²) in [7, 11) is 0. The van der Waals surface area contributed by atoms with Gasteiger partial charge in [0.1, 0.15) is 0 Å². The monoisotopic (exact) mass is 449 g/mol. The van der Waals surface area contributed by atoms with Gasteiger partial charge in [-0.05, 0) is 38.2 Å². The van der Waals surface area contributed by atoms with Gasteiger partial charge in [0.05, 0.1) is 23.8 Å². The van der Waals surface area contributed by atoms with Crippen LogP contribution in [0, 0.1) is 6.92 Å². The zero-order valence-corrected chi connectivity index (χ0v) is 19.1. The van der Waals surface area contributed by atoms with Gasteiger partial charge in [0.15, 0.2) is 5.82 Å². The first kappa shape index (κ1) is 22.9. The summed E-state index contributed by atoms with van der Waals surface area (Å²) in [5, 5.41) is 2.91. The van der Waals surface area contributed by atoms with Crippen LogP contribution >= 0.6 is 0 Å². The van der Waals surface area contributed by atoms with E-state index in [1.807, 2.05) is 30.3 Å². The van der Waals surface area contributed by atoms with E-state index in [9.17, 15) is 14.4 Å². The van der Waals surface area contributed by atoms with Crippen LogP contribution in [0.15, 0.2) is 36.5 Å². The molecule has 0 spiro atoms. The van der Waals surface area contributed by atoms with Gasteiger partial charge in [0, 0.05) is 32.3 Å². The van der Waals surface area contributed by atoms with Crippen molar-refractivity contribution >= 4 is 17.7 Å². The van der Waals surface area contributed by atoms with E-state index in [1.54, 1.807) is 22.9 Å². The Morgan fingerprint density at radius 2 is 1.91 bits per heavy atom. The van der Waals surface area contributed by atoms with Gasteiger partial charge in [-0.15, -0.1) is 0 Å². The molecule has 1 atom stereocenters. The molecule has 2 aliphatic rings. The highest BCUT2D eigenvalue weighted by molar-refractivity contribution is 5.94. The van der Waals surface area contributed by atoms with Gasteiger partial charge in [-0.2, -0.15) is 0 Å². The summed E-state index contributed by atoms with van der Waals surface area (Å²) < 4.78 is 0. The van der Waals surface area contributed by atoms with E-state index in [2.05, 4.69) is 15.3 Å². The van der Waals surface area contributed by atoms with Crippen LogP contribution < -0.4 is 5.32 Å². The van der Waals surface area contributed by atoms with Crippen molar-refractivity contribution in [1.29, 1.82) is 0 Å². The highest BCUT2D eigenvalue weighted by atomic mass is 16.2. The molecule has 33 heavy (non-hydrogen) atoms. The van der Waals surface area contributed by atoms with E-state index in [1.165, 1.54) is 0 Å². The molecular weight excluding hydrogens is 418 g/mol. The molecule has 1 aromatic carbocycles. The third kappa shape index (κ3) is 5.56. The van der Waals surface area contributed by atoms with E-state index in [-0.39, 0.29) is 30.3 Å². The summed E-state index contributed by atoms with van der Waals surface area (Å²) in [4.78, 5) is 50.5. The van der Waals surface area contributed by atoms with Crippen LogP contribution in [0.4, 0.5) is 0 Å². The fourth-order valence-corrected chi connectivity index (χ4v) is 4.54. The fraction of sp³-hybridized carbons (Fsp3) is 0.480. The van der Waals surface area contributed by atoms with Crippen molar-refractivity contribution in [3.63, 3.8) is 0 Å². The largest absolute Gasteiger partial charge is 0.348 e. The zero-order chi connectivity index (χ0) is 23.2. The van der Waals surface area contributed by atoms with Crippen molar-refractivity contribution in [3.05, 3.63) is 59.2 Å². The number of nitrogens with one attached hydrogen (secondary N) is 1. The number of carbonyl (C=O) groups excluding carboxylic acids is 3. The maximum atomic E-state index is 13.0. The molecule has 3 heterocycles. The van der Waals surface area contributed by atoms with Gasteiger partial charge in [0.2, 0.25) is 11.8 Å². The van der Waals surface area contributed by atoms with Crippen molar-refractivity contribution in [2.75, 3.05) is 19.6 Å². The van der Waals surface area contributed by atoms with Gasteiger partial charge < -0.3 is 15.1 Å². The minimum Gasteiger partial charge on any atom is -0.348 e. The Labute approximate surface area is 194 Å². The lowest BCUT2D eigenvalue weighted by Gasteiger charge is -2.27. The molecule has 2 fully saturated rings. The third-order valence-corrected chi connectivity index (χ3v) is 6.41. The van der Waals surface area contributed by atoms with Crippen LogP contribution in [-0.4, -0.2) is 57.1 Å². The second-order valence-electron chi connectivity index (χ2n) is 8.77. The van der Waals surface area contributed by atoms with Crippen LogP contribution in [0.2, 0.25) is 0 Å². The molecule has 0 unspecified atom stereocenters. The molecule has 4 rings (SSSR count). The van der Waals surface area contributed by atoms with Crippen LogP contribution in [0.1, 0.15) is 72.0 Å². The van der Waals surface area contributed by atoms with Gasteiger partial charge >= 0.3 is 0 Å². The van der Waals surface area contributed by atoms with Gasteiger partial charge in [-0.1, -0.05) is 36.8 Å². The average Bonchev–Trinajstić information content (AvgIpc) is 3.23. The Bertz CT molecular complexity index is 1010. The minimum atomic E-state index is -0.222. The standard InChI is InChI=1S/C25H31N5O3/c1-18-20(25(33)27-15-19-9-4-2-5-10-19)16-26-24(28-18)21-11-8-14-30(21)23(32)17-29-13-7-3-6-12-22(29)31/h2,4-5,9-10,16,21H,3,6-8,11-15,17H2,1H3,(H,27,33)/t21-/m1/s1. The van der Waals surface area contributed by atoms with Gasteiger partial charge in [-0.3, -0.25) is 14.4 Å². The van der Waals surface area contributed by atoms with Crippen LogP contribution in [0.5, 0.6) is 0 Å². The zero-order valence-electron chi connectivity index (χ0n) is 19.1. The molecule has 2 aliphatic heterocycles. The lowest BCUT2D eigenvalue weighted by atomic mass is 10.1. The lowest BCUT2D eigenvalue weighted by Crippen LogP contribution is -2.42. The second kappa shape index (κ2) is 10.6. The van der Waals surface area contributed by atoms with Crippen molar-refractivity contribution < 1.29 is 14.4 Å². The molecule has 3 amide bonds. The molecule has 2 aromatic rings. The van der Waals surface area contributed by atoms with Crippen molar-refractivity contribution in [2.45, 2.75) is 58.0 Å². The summed E-state index contributed by atoms with van der Waals surface area (Å²) in [5.74, 6) is 0.343. The summed E-state index contributed by atoms with van der Waals surface area (Å²) in [5.41, 5.74) is 2.04.